The standard InChI is InChI=1S/C16H25N5/c1-4-20(13-16(2,3)12-17)11-14-10-18-21(19-14)15-8-6-5-7-9-15/h5-10H,4,11-13,17H2,1-3H3. The van der Waals surface area contributed by atoms with Gasteiger partial charge in [-0.05, 0) is 30.6 Å². The third-order valence-electron chi connectivity index (χ3n) is 3.56. The monoisotopic (exact) mass is 287 g/mol. The second-order valence-electron chi connectivity index (χ2n) is 6.13. The van der Waals surface area contributed by atoms with Crippen LogP contribution in [0.1, 0.15) is 26.5 Å². The summed E-state index contributed by atoms with van der Waals surface area (Å²) >= 11 is 0. The molecule has 1 aromatic carbocycles. The number of nitrogens with zero attached hydrogens (tertiary/aromatic N) is 4. The first-order valence-electron chi connectivity index (χ1n) is 7.43. The number of aromatic nitrogens is 3. The van der Waals surface area contributed by atoms with Gasteiger partial charge in [0.1, 0.15) is 0 Å². The molecule has 5 heteroatoms. The van der Waals surface area contributed by atoms with Gasteiger partial charge in [-0.25, -0.2) is 0 Å². The maximum Gasteiger partial charge on any atom is 0.0971 e. The average Bonchev–Trinajstić information content (AvgIpc) is 2.96. The Morgan fingerprint density at radius 3 is 2.57 bits per heavy atom. The van der Waals surface area contributed by atoms with Crippen molar-refractivity contribution in [3.63, 3.8) is 0 Å². The van der Waals surface area contributed by atoms with Gasteiger partial charge in [0, 0.05) is 13.1 Å². The molecule has 2 rings (SSSR count). The lowest BCUT2D eigenvalue weighted by Crippen LogP contribution is -2.38. The SMILES string of the molecule is CCN(Cc1cnn(-c2ccccc2)n1)CC(C)(C)CN. The molecule has 0 aliphatic heterocycles. The van der Waals surface area contributed by atoms with E-state index in [1.165, 1.54) is 0 Å². The molecule has 0 unspecified atom stereocenters. The Morgan fingerprint density at radius 2 is 1.95 bits per heavy atom. The largest absolute Gasteiger partial charge is 0.330 e. The zero-order valence-electron chi connectivity index (χ0n) is 13.2. The lowest BCUT2D eigenvalue weighted by Gasteiger charge is -2.30. The molecule has 1 aromatic heterocycles. The van der Waals surface area contributed by atoms with Gasteiger partial charge in [-0.1, -0.05) is 39.0 Å². The first-order chi connectivity index (χ1) is 10.0. The predicted octanol–water partition coefficient (Wildman–Crippen LogP) is 2.07. The third-order valence-corrected chi connectivity index (χ3v) is 3.56. The Kier molecular flexibility index (Phi) is 5.09. The fraction of sp³-hybridized carbons (Fsp3) is 0.500. The highest BCUT2D eigenvalue weighted by molar-refractivity contribution is 5.28. The fourth-order valence-corrected chi connectivity index (χ4v) is 2.23. The van der Waals surface area contributed by atoms with Crippen molar-refractivity contribution in [3.05, 3.63) is 42.2 Å². The Labute approximate surface area is 126 Å². The summed E-state index contributed by atoms with van der Waals surface area (Å²) in [5.41, 5.74) is 7.90. The van der Waals surface area contributed by atoms with Gasteiger partial charge in [-0.15, -0.1) is 0 Å². The predicted molar refractivity (Wildman–Crippen MR) is 85.1 cm³/mol. The molecule has 2 aromatic rings. The van der Waals surface area contributed by atoms with Crippen molar-refractivity contribution in [1.82, 2.24) is 19.9 Å². The summed E-state index contributed by atoms with van der Waals surface area (Å²) in [4.78, 5) is 4.03. The Balaban J connectivity index is 2.04. The van der Waals surface area contributed by atoms with Crippen molar-refractivity contribution < 1.29 is 0 Å². The second kappa shape index (κ2) is 6.83. The fourth-order valence-electron chi connectivity index (χ4n) is 2.23. The molecule has 0 radical (unpaired) electrons. The van der Waals surface area contributed by atoms with Crippen LogP contribution in [0.4, 0.5) is 0 Å². The first-order valence-corrected chi connectivity index (χ1v) is 7.43. The van der Waals surface area contributed by atoms with Crippen LogP contribution in [0.15, 0.2) is 36.5 Å². The van der Waals surface area contributed by atoms with Gasteiger partial charge in [0.25, 0.3) is 0 Å². The van der Waals surface area contributed by atoms with Crippen LogP contribution < -0.4 is 5.73 Å². The van der Waals surface area contributed by atoms with E-state index in [0.717, 1.165) is 31.0 Å². The van der Waals surface area contributed by atoms with Gasteiger partial charge in [0.05, 0.1) is 17.6 Å². The summed E-state index contributed by atoms with van der Waals surface area (Å²) in [5, 5.41) is 8.90. The number of hydrogen-bond acceptors (Lipinski definition) is 4. The molecule has 0 atom stereocenters. The van der Waals surface area contributed by atoms with E-state index < -0.39 is 0 Å². The summed E-state index contributed by atoms with van der Waals surface area (Å²) in [6, 6.07) is 9.96. The molecule has 0 saturated heterocycles. The molecule has 2 N–H and O–H groups in total. The van der Waals surface area contributed by atoms with Gasteiger partial charge in [0.2, 0.25) is 0 Å². The van der Waals surface area contributed by atoms with E-state index in [-0.39, 0.29) is 5.41 Å². The lowest BCUT2D eigenvalue weighted by atomic mass is 9.93. The van der Waals surface area contributed by atoms with Crippen molar-refractivity contribution in [2.24, 2.45) is 11.1 Å². The molecule has 114 valence electrons. The normalized spacial score (nSPS) is 12.0. The van der Waals surface area contributed by atoms with Gasteiger partial charge in [0.15, 0.2) is 0 Å². The van der Waals surface area contributed by atoms with Crippen LogP contribution in [0.25, 0.3) is 5.69 Å². The van der Waals surface area contributed by atoms with Crippen molar-refractivity contribution in [3.8, 4) is 5.69 Å². The van der Waals surface area contributed by atoms with Crippen molar-refractivity contribution in [1.29, 1.82) is 0 Å². The molecular formula is C16H25N5. The summed E-state index contributed by atoms with van der Waals surface area (Å²) < 4.78 is 0. The average molecular weight is 287 g/mol. The van der Waals surface area contributed by atoms with Crippen LogP contribution in [0.3, 0.4) is 0 Å². The van der Waals surface area contributed by atoms with E-state index >= 15 is 0 Å². The van der Waals surface area contributed by atoms with E-state index in [2.05, 4.69) is 35.9 Å². The smallest absolute Gasteiger partial charge is 0.0971 e. The molecule has 1 heterocycles. The highest BCUT2D eigenvalue weighted by Gasteiger charge is 2.20. The van der Waals surface area contributed by atoms with Crippen LogP contribution >= 0.6 is 0 Å². The van der Waals surface area contributed by atoms with Crippen LogP contribution in [-0.4, -0.2) is 39.5 Å². The highest BCUT2D eigenvalue weighted by Crippen LogP contribution is 2.16. The number of rotatable bonds is 7. The molecular weight excluding hydrogens is 262 g/mol. The summed E-state index contributed by atoms with van der Waals surface area (Å²) in [7, 11) is 0. The quantitative estimate of drug-likeness (QED) is 0.847. The van der Waals surface area contributed by atoms with E-state index in [4.69, 9.17) is 5.73 Å². The molecule has 0 aliphatic rings. The molecule has 0 fully saturated rings. The number of para-hydroxylation sites is 1. The van der Waals surface area contributed by atoms with E-state index in [0.29, 0.717) is 6.54 Å². The van der Waals surface area contributed by atoms with Crippen LogP contribution in [0.2, 0.25) is 0 Å². The summed E-state index contributed by atoms with van der Waals surface area (Å²) in [6.07, 6.45) is 1.84. The van der Waals surface area contributed by atoms with Crippen molar-refractivity contribution in [2.45, 2.75) is 27.3 Å². The summed E-state index contributed by atoms with van der Waals surface area (Å²) in [5.74, 6) is 0. The molecule has 0 amide bonds. The molecule has 0 aliphatic carbocycles. The highest BCUT2D eigenvalue weighted by atomic mass is 15.5. The molecule has 5 nitrogen and oxygen atoms in total. The van der Waals surface area contributed by atoms with Crippen LogP contribution in [-0.2, 0) is 6.54 Å². The minimum absolute atomic E-state index is 0.117. The summed E-state index contributed by atoms with van der Waals surface area (Å²) in [6.45, 7) is 9.95. The molecule has 0 saturated carbocycles. The van der Waals surface area contributed by atoms with Crippen LogP contribution in [0.5, 0.6) is 0 Å². The Hall–Kier alpha value is -1.72. The third kappa shape index (κ3) is 4.37. The maximum atomic E-state index is 5.82. The molecule has 0 bridgehead atoms. The first kappa shape index (κ1) is 15.7. The number of benzene rings is 1. The number of hydrogen-bond donors (Lipinski definition) is 1. The van der Waals surface area contributed by atoms with Gasteiger partial charge >= 0.3 is 0 Å². The maximum absolute atomic E-state index is 5.82. The minimum Gasteiger partial charge on any atom is -0.330 e. The molecule has 21 heavy (non-hydrogen) atoms. The van der Waals surface area contributed by atoms with E-state index in [9.17, 15) is 0 Å². The second-order valence-corrected chi connectivity index (χ2v) is 6.13. The molecule has 0 spiro atoms. The van der Waals surface area contributed by atoms with Gasteiger partial charge in [-0.3, -0.25) is 4.90 Å². The van der Waals surface area contributed by atoms with E-state index in [1.807, 2.05) is 36.5 Å². The zero-order valence-corrected chi connectivity index (χ0v) is 13.2. The Bertz CT molecular complexity index is 547. The minimum atomic E-state index is 0.117. The Morgan fingerprint density at radius 1 is 1.24 bits per heavy atom. The van der Waals surface area contributed by atoms with Crippen molar-refractivity contribution in [2.75, 3.05) is 19.6 Å². The van der Waals surface area contributed by atoms with E-state index in [1.54, 1.807) is 4.80 Å². The zero-order chi connectivity index (χ0) is 15.3. The number of nitrogens with two attached hydrogens (primary N) is 1. The topological polar surface area (TPSA) is 60.0 Å². The van der Waals surface area contributed by atoms with Gasteiger partial charge in [-0.2, -0.15) is 15.0 Å². The van der Waals surface area contributed by atoms with Crippen molar-refractivity contribution >= 4 is 0 Å². The van der Waals surface area contributed by atoms with Crippen LogP contribution in [0, 0.1) is 5.41 Å². The van der Waals surface area contributed by atoms with Gasteiger partial charge < -0.3 is 5.73 Å². The lowest BCUT2D eigenvalue weighted by molar-refractivity contribution is 0.181.